The van der Waals surface area contributed by atoms with E-state index in [0.29, 0.717) is 19.4 Å². The van der Waals surface area contributed by atoms with E-state index in [1.54, 1.807) is 0 Å². The number of nitrogens with one attached hydrogen (secondary N) is 2. The average Bonchev–Trinajstić information content (AvgIpc) is 2.78. The summed E-state index contributed by atoms with van der Waals surface area (Å²) in [5, 5.41) is 5.65. The Balaban J connectivity index is 1.61. The van der Waals surface area contributed by atoms with Crippen LogP contribution in [-0.4, -0.2) is 38.6 Å². The monoisotopic (exact) mass is 310 g/mol. The molecule has 2 amide bonds. The Kier molecular flexibility index (Phi) is 3.75. The molecule has 21 heavy (non-hydrogen) atoms. The minimum Gasteiger partial charge on any atom is -0.493 e. The van der Waals surface area contributed by atoms with Gasteiger partial charge in [0.05, 0.1) is 24.2 Å². The van der Waals surface area contributed by atoms with E-state index in [4.69, 9.17) is 4.74 Å². The highest BCUT2D eigenvalue weighted by molar-refractivity contribution is 7.91. The molecule has 2 aliphatic heterocycles. The predicted molar refractivity (Wildman–Crippen MR) is 78.0 cm³/mol. The van der Waals surface area contributed by atoms with E-state index in [1.807, 2.05) is 24.3 Å². The van der Waals surface area contributed by atoms with Crippen LogP contribution in [0.4, 0.5) is 4.79 Å². The van der Waals surface area contributed by atoms with Crippen molar-refractivity contribution in [1.29, 1.82) is 0 Å². The fraction of sp³-hybridized carbons (Fsp3) is 0.500. The molecule has 2 N–H and O–H groups in total. The van der Waals surface area contributed by atoms with Crippen LogP contribution in [0.3, 0.4) is 0 Å². The number of sulfone groups is 1. The molecular formula is C14H18N2O4S. The maximum atomic E-state index is 12.0. The summed E-state index contributed by atoms with van der Waals surface area (Å²) in [6, 6.07) is 6.90. The van der Waals surface area contributed by atoms with Gasteiger partial charge < -0.3 is 15.4 Å². The number of hydrogen-bond donors (Lipinski definition) is 2. The number of carbonyl (C=O) groups excluding carboxylic acids is 1. The largest absolute Gasteiger partial charge is 0.493 e. The summed E-state index contributed by atoms with van der Waals surface area (Å²) in [5.74, 6) is 0.973. The van der Waals surface area contributed by atoms with Crippen LogP contribution in [-0.2, 0) is 9.84 Å². The summed E-state index contributed by atoms with van der Waals surface area (Å²) >= 11 is 0. The molecule has 0 aromatic heterocycles. The van der Waals surface area contributed by atoms with Crippen molar-refractivity contribution in [3.63, 3.8) is 0 Å². The minimum atomic E-state index is -2.99. The first-order chi connectivity index (χ1) is 10.0. The quantitative estimate of drug-likeness (QED) is 0.853. The molecule has 7 heteroatoms. The molecule has 114 valence electrons. The lowest BCUT2D eigenvalue weighted by molar-refractivity contribution is 0.221. The molecule has 2 unspecified atom stereocenters. The molecule has 6 nitrogen and oxygen atoms in total. The zero-order valence-electron chi connectivity index (χ0n) is 11.5. The van der Waals surface area contributed by atoms with Gasteiger partial charge in [0.15, 0.2) is 9.84 Å². The van der Waals surface area contributed by atoms with Gasteiger partial charge in [0.25, 0.3) is 0 Å². The fourth-order valence-electron chi connectivity index (χ4n) is 2.79. The Hall–Kier alpha value is -1.76. The summed E-state index contributed by atoms with van der Waals surface area (Å²) in [5.41, 5.74) is 0.956. The summed E-state index contributed by atoms with van der Waals surface area (Å²) < 4.78 is 28.3. The molecule has 0 saturated carbocycles. The maximum Gasteiger partial charge on any atom is 0.315 e. The van der Waals surface area contributed by atoms with Gasteiger partial charge in [-0.05, 0) is 12.5 Å². The predicted octanol–water partition coefficient (Wildman–Crippen LogP) is 0.996. The van der Waals surface area contributed by atoms with Gasteiger partial charge >= 0.3 is 6.03 Å². The van der Waals surface area contributed by atoms with Crippen molar-refractivity contribution in [2.75, 3.05) is 18.1 Å². The second kappa shape index (κ2) is 5.55. The number of urea groups is 1. The normalized spacial score (nSPS) is 26.5. The Bertz CT molecular complexity index is 644. The molecule has 2 atom stereocenters. The molecule has 0 aliphatic carbocycles. The first-order valence-electron chi connectivity index (χ1n) is 7.03. The Morgan fingerprint density at radius 3 is 2.76 bits per heavy atom. The van der Waals surface area contributed by atoms with E-state index in [1.165, 1.54) is 0 Å². The summed E-state index contributed by atoms with van der Waals surface area (Å²) in [6.45, 7) is 0.555. The Morgan fingerprint density at radius 2 is 2.00 bits per heavy atom. The fourth-order valence-corrected chi connectivity index (χ4v) is 4.46. The number of ether oxygens (including phenoxy) is 1. The highest BCUT2D eigenvalue weighted by atomic mass is 32.2. The second-order valence-electron chi connectivity index (χ2n) is 5.45. The molecule has 0 radical (unpaired) electrons. The SMILES string of the molecule is O=C(NC1CCS(=O)(=O)C1)NC1CCOc2ccccc21. The second-order valence-corrected chi connectivity index (χ2v) is 7.67. The molecule has 2 heterocycles. The highest BCUT2D eigenvalue weighted by Crippen LogP contribution is 2.31. The van der Waals surface area contributed by atoms with Crippen LogP contribution in [0.2, 0.25) is 0 Å². The van der Waals surface area contributed by atoms with Crippen molar-refractivity contribution in [3.8, 4) is 5.75 Å². The molecule has 1 aromatic rings. The van der Waals surface area contributed by atoms with Crippen LogP contribution in [0.5, 0.6) is 5.75 Å². The lowest BCUT2D eigenvalue weighted by Crippen LogP contribution is -2.44. The van der Waals surface area contributed by atoms with Crippen molar-refractivity contribution in [1.82, 2.24) is 10.6 Å². The number of fused-ring (bicyclic) bond motifs is 1. The molecule has 1 aromatic carbocycles. The maximum absolute atomic E-state index is 12.0. The smallest absolute Gasteiger partial charge is 0.315 e. The zero-order valence-corrected chi connectivity index (χ0v) is 12.4. The van der Waals surface area contributed by atoms with Gasteiger partial charge in [0.2, 0.25) is 0 Å². The number of hydrogen-bond acceptors (Lipinski definition) is 4. The lowest BCUT2D eigenvalue weighted by atomic mass is 10.0. The van der Waals surface area contributed by atoms with Crippen LogP contribution < -0.4 is 15.4 Å². The average molecular weight is 310 g/mol. The summed E-state index contributed by atoms with van der Waals surface area (Å²) in [7, 11) is -2.99. The molecule has 0 bridgehead atoms. The van der Waals surface area contributed by atoms with E-state index < -0.39 is 9.84 Å². The van der Waals surface area contributed by atoms with Gasteiger partial charge in [-0.3, -0.25) is 0 Å². The number of para-hydroxylation sites is 1. The third kappa shape index (κ3) is 3.29. The van der Waals surface area contributed by atoms with Crippen molar-refractivity contribution >= 4 is 15.9 Å². The molecule has 0 spiro atoms. The van der Waals surface area contributed by atoms with E-state index in [9.17, 15) is 13.2 Å². The molecule has 1 fully saturated rings. The van der Waals surface area contributed by atoms with Crippen molar-refractivity contribution in [3.05, 3.63) is 29.8 Å². The minimum absolute atomic E-state index is 0.0325. The molecule has 2 aliphatic rings. The van der Waals surface area contributed by atoms with E-state index in [2.05, 4.69) is 10.6 Å². The van der Waals surface area contributed by atoms with Crippen LogP contribution in [0, 0.1) is 0 Å². The number of carbonyl (C=O) groups is 1. The number of benzene rings is 1. The van der Waals surface area contributed by atoms with E-state index in [0.717, 1.165) is 11.3 Å². The Morgan fingerprint density at radius 1 is 1.19 bits per heavy atom. The van der Waals surface area contributed by atoms with Crippen molar-refractivity contribution in [2.45, 2.75) is 24.9 Å². The van der Waals surface area contributed by atoms with Crippen LogP contribution in [0.1, 0.15) is 24.4 Å². The van der Waals surface area contributed by atoms with Gasteiger partial charge in [0, 0.05) is 18.0 Å². The van der Waals surface area contributed by atoms with Gasteiger partial charge in [-0.1, -0.05) is 18.2 Å². The van der Waals surface area contributed by atoms with Gasteiger partial charge in [-0.15, -0.1) is 0 Å². The lowest BCUT2D eigenvalue weighted by Gasteiger charge is -2.27. The first kappa shape index (κ1) is 14.2. The summed E-state index contributed by atoms with van der Waals surface area (Å²) in [4.78, 5) is 12.0. The van der Waals surface area contributed by atoms with Crippen molar-refractivity contribution < 1.29 is 17.9 Å². The van der Waals surface area contributed by atoms with Gasteiger partial charge in [0.1, 0.15) is 5.75 Å². The standard InChI is InChI=1S/C14H18N2O4S/c17-14(15-10-6-8-21(18,19)9-10)16-12-5-7-20-13-4-2-1-3-11(12)13/h1-4,10,12H,5-9H2,(H2,15,16,17). The van der Waals surface area contributed by atoms with Crippen LogP contribution >= 0.6 is 0 Å². The first-order valence-corrected chi connectivity index (χ1v) is 8.85. The van der Waals surface area contributed by atoms with E-state index in [-0.39, 0.29) is 29.6 Å². The Labute approximate surface area is 123 Å². The highest BCUT2D eigenvalue weighted by Gasteiger charge is 2.30. The topological polar surface area (TPSA) is 84.5 Å². The third-order valence-electron chi connectivity index (χ3n) is 3.83. The summed E-state index contributed by atoms with van der Waals surface area (Å²) in [6.07, 6.45) is 1.19. The molecule has 1 saturated heterocycles. The van der Waals surface area contributed by atoms with Crippen LogP contribution in [0.15, 0.2) is 24.3 Å². The zero-order chi connectivity index (χ0) is 14.9. The number of amides is 2. The molecular weight excluding hydrogens is 292 g/mol. The van der Waals surface area contributed by atoms with Crippen LogP contribution in [0.25, 0.3) is 0 Å². The van der Waals surface area contributed by atoms with Gasteiger partial charge in [-0.25, -0.2) is 13.2 Å². The van der Waals surface area contributed by atoms with E-state index >= 15 is 0 Å². The molecule has 3 rings (SSSR count). The van der Waals surface area contributed by atoms with Crippen molar-refractivity contribution in [2.24, 2.45) is 0 Å². The third-order valence-corrected chi connectivity index (χ3v) is 5.60. The number of rotatable bonds is 2. The van der Waals surface area contributed by atoms with Gasteiger partial charge in [-0.2, -0.15) is 0 Å².